The van der Waals surface area contributed by atoms with Crippen LogP contribution in [0.1, 0.15) is 36.9 Å². The quantitative estimate of drug-likeness (QED) is 0.377. The Kier molecular flexibility index (Phi) is 8.84. The second-order valence-corrected chi connectivity index (χ2v) is 6.77. The molecular formula is C21H30IN5. The Morgan fingerprint density at radius 3 is 2.74 bits per heavy atom. The van der Waals surface area contributed by atoms with Crippen LogP contribution in [0.15, 0.2) is 53.8 Å². The number of rotatable bonds is 6. The number of hydrogen-bond acceptors (Lipinski definition) is 3. The molecule has 146 valence electrons. The van der Waals surface area contributed by atoms with Crippen molar-refractivity contribution in [2.45, 2.75) is 32.2 Å². The van der Waals surface area contributed by atoms with Crippen LogP contribution in [-0.2, 0) is 6.42 Å². The van der Waals surface area contributed by atoms with Crippen molar-refractivity contribution in [1.29, 1.82) is 0 Å². The van der Waals surface area contributed by atoms with E-state index < -0.39 is 0 Å². The molecule has 1 atom stereocenters. The van der Waals surface area contributed by atoms with E-state index in [1.807, 2.05) is 19.3 Å². The fourth-order valence-electron chi connectivity index (χ4n) is 3.32. The van der Waals surface area contributed by atoms with Crippen LogP contribution < -0.4 is 15.5 Å². The van der Waals surface area contributed by atoms with E-state index in [4.69, 9.17) is 0 Å². The van der Waals surface area contributed by atoms with E-state index in [0.29, 0.717) is 0 Å². The summed E-state index contributed by atoms with van der Waals surface area (Å²) in [5, 5.41) is 6.88. The first-order chi connectivity index (χ1) is 12.8. The lowest BCUT2D eigenvalue weighted by atomic mass is 10.1. The molecule has 2 N–H and O–H groups in total. The SMILES string of the molecule is CN=C(NCCc1cccnc1)NC(C)c1cccc(N2CCCC2)c1.I. The normalized spacial score (nSPS) is 15.2. The fraction of sp³-hybridized carbons (Fsp3) is 0.429. The Bertz CT molecular complexity index is 714. The molecule has 0 spiro atoms. The van der Waals surface area contributed by atoms with Crippen LogP contribution in [0.4, 0.5) is 5.69 Å². The summed E-state index contributed by atoms with van der Waals surface area (Å²) in [6.07, 6.45) is 7.23. The van der Waals surface area contributed by atoms with Crippen molar-refractivity contribution >= 4 is 35.6 Å². The molecule has 0 amide bonds. The van der Waals surface area contributed by atoms with Gasteiger partial charge in [0.05, 0.1) is 6.04 Å². The van der Waals surface area contributed by atoms with E-state index in [0.717, 1.165) is 18.9 Å². The Labute approximate surface area is 179 Å². The van der Waals surface area contributed by atoms with Gasteiger partial charge in [0.1, 0.15) is 0 Å². The van der Waals surface area contributed by atoms with E-state index >= 15 is 0 Å². The number of nitrogens with one attached hydrogen (secondary N) is 2. The highest BCUT2D eigenvalue weighted by molar-refractivity contribution is 14.0. The van der Waals surface area contributed by atoms with Gasteiger partial charge in [-0.2, -0.15) is 0 Å². The van der Waals surface area contributed by atoms with Gasteiger partial charge in [-0.1, -0.05) is 18.2 Å². The third kappa shape index (κ3) is 6.37. The minimum atomic E-state index is 0. The molecule has 1 aromatic heterocycles. The van der Waals surface area contributed by atoms with E-state index in [9.17, 15) is 0 Å². The van der Waals surface area contributed by atoms with Gasteiger partial charge in [-0.15, -0.1) is 24.0 Å². The topological polar surface area (TPSA) is 52.6 Å². The number of aliphatic imine (C=N–C) groups is 1. The minimum Gasteiger partial charge on any atom is -0.372 e. The van der Waals surface area contributed by atoms with Crippen molar-refractivity contribution in [3.05, 3.63) is 59.9 Å². The zero-order valence-corrected chi connectivity index (χ0v) is 18.5. The van der Waals surface area contributed by atoms with Crippen LogP contribution in [-0.4, -0.2) is 37.6 Å². The van der Waals surface area contributed by atoms with Gasteiger partial charge in [0.2, 0.25) is 0 Å². The molecule has 2 aromatic rings. The van der Waals surface area contributed by atoms with Crippen molar-refractivity contribution in [3.63, 3.8) is 0 Å². The highest BCUT2D eigenvalue weighted by atomic mass is 127. The molecule has 1 fully saturated rings. The van der Waals surface area contributed by atoms with Gasteiger partial charge in [-0.3, -0.25) is 9.98 Å². The third-order valence-corrected chi connectivity index (χ3v) is 4.85. The number of nitrogens with zero attached hydrogens (tertiary/aromatic N) is 3. The molecule has 1 aliphatic rings. The fourth-order valence-corrected chi connectivity index (χ4v) is 3.32. The number of pyridine rings is 1. The van der Waals surface area contributed by atoms with Crippen LogP contribution in [0.5, 0.6) is 0 Å². The van der Waals surface area contributed by atoms with Gasteiger partial charge in [0.25, 0.3) is 0 Å². The highest BCUT2D eigenvalue weighted by Crippen LogP contribution is 2.23. The maximum atomic E-state index is 4.35. The lowest BCUT2D eigenvalue weighted by Crippen LogP contribution is -2.39. The number of halogens is 1. The Balaban J connectivity index is 0.00000261. The summed E-state index contributed by atoms with van der Waals surface area (Å²) < 4.78 is 0. The minimum absolute atomic E-state index is 0. The molecule has 5 nitrogen and oxygen atoms in total. The van der Waals surface area contributed by atoms with E-state index in [2.05, 4.69) is 62.8 Å². The average molecular weight is 479 g/mol. The zero-order chi connectivity index (χ0) is 18.2. The van der Waals surface area contributed by atoms with Crippen LogP contribution in [0.2, 0.25) is 0 Å². The molecular weight excluding hydrogens is 449 g/mol. The molecule has 2 heterocycles. The van der Waals surface area contributed by atoms with E-state index in [-0.39, 0.29) is 30.0 Å². The lowest BCUT2D eigenvalue weighted by Gasteiger charge is -2.22. The van der Waals surface area contributed by atoms with Crippen LogP contribution in [0.3, 0.4) is 0 Å². The molecule has 3 rings (SSSR count). The predicted octanol–water partition coefficient (Wildman–Crippen LogP) is 3.77. The van der Waals surface area contributed by atoms with Gasteiger partial charge in [-0.05, 0) is 55.5 Å². The van der Waals surface area contributed by atoms with E-state index in [1.165, 1.54) is 42.7 Å². The summed E-state index contributed by atoms with van der Waals surface area (Å²) in [5.41, 5.74) is 3.83. The summed E-state index contributed by atoms with van der Waals surface area (Å²) in [4.78, 5) is 11.0. The summed E-state index contributed by atoms with van der Waals surface area (Å²) in [6.45, 7) is 5.34. The van der Waals surface area contributed by atoms with Gasteiger partial charge in [-0.25, -0.2) is 0 Å². The molecule has 1 unspecified atom stereocenters. The average Bonchev–Trinajstić information content (AvgIpc) is 3.23. The molecule has 0 saturated carbocycles. The van der Waals surface area contributed by atoms with E-state index in [1.54, 1.807) is 6.20 Å². The molecule has 0 bridgehead atoms. The predicted molar refractivity (Wildman–Crippen MR) is 124 cm³/mol. The molecule has 1 saturated heterocycles. The number of hydrogen-bond donors (Lipinski definition) is 2. The smallest absolute Gasteiger partial charge is 0.191 e. The summed E-state index contributed by atoms with van der Waals surface area (Å²) in [6, 6.07) is 13.1. The van der Waals surface area contributed by atoms with Gasteiger partial charge < -0.3 is 15.5 Å². The van der Waals surface area contributed by atoms with Gasteiger partial charge in [0, 0.05) is 44.8 Å². The van der Waals surface area contributed by atoms with Gasteiger partial charge in [0.15, 0.2) is 5.96 Å². The van der Waals surface area contributed by atoms with Crippen molar-refractivity contribution in [3.8, 4) is 0 Å². The third-order valence-electron chi connectivity index (χ3n) is 4.85. The summed E-state index contributed by atoms with van der Waals surface area (Å²) >= 11 is 0. The van der Waals surface area contributed by atoms with Crippen molar-refractivity contribution < 1.29 is 0 Å². The van der Waals surface area contributed by atoms with Crippen LogP contribution in [0, 0.1) is 0 Å². The Morgan fingerprint density at radius 1 is 1.22 bits per heavy atom. The number of benzene rings is 1. The van der Waals surface area contributed by atoms with Crippen LogP contribution >= 0.6 is 24.0 Å². The zero-order valence-electron chi connectivity index (χ0n) is 16.2. The molecule has 0 radical (unpaired) electrons. The van der Waals surface area contributed by atoms with Crippen LogP contribution in [0.25, 0.3) is 0 Å². The monoisotopic (exact) mass is 479 g/mol. The Hall–Kier alpha value is -1.83. The molecule has 6 heteroatoms. The molecule has 1 aromatic carbocycles. The van der Waals surface area contributed by atoms with Crippen molar-refractivity contribution in [2.75, 3.05) is 31.6 Å². The summed E-state index contributed by atoms with van der Waals surface area (Å²) in [5.74, 6) is 0.827. The second kappa shape index (κ2) is 11.1. The van der Waals surface area contributed by atoms with Crippen molar-refractivity contribution in [2.24, 2.45) is 4.99 Å². The van der Waals surface area contributed by atoms with Crippen molar-refractivity contribution in [1.82, 2.24) is 15.6 Å². The maximum absolute atomic E-state index is 4.35. The number of anilines is 1. The lowest BCUT2D eigenvalue weighted by molar-refractivity contribution is 0.684. The first-order valence-corrected chi connectivity index (χ1v) is 9.47. The first kappa shape index (κ1) is 21.5. The maximum Gasteiger partial charge on any atom is 0.191 e. The highest BCUT2D eigenvalue weighted by Gasteiger charge is 2.14. The molecule has 1 aliphatic heterocycles. The number of guanidine groups is 1. The van der Waals surface area contributed by atoms with Gasteiger partial charge >= 0.3 is 0 Å². The molecule has 0 aliphatic carbocycles. The first-order valence-electron chi connectivity index (χ1n) is 9.47. The summed E-state index contributed by atoms with van der Waals surface area (Å²) in [7, 11) is 1.81. The molecule has 27 heavy (non-hydrogen) atoms. The number of aromatic nitrogens is 1. The largest absolute Gasteiger partial charge is 0.372 e. The Morgan fingerprint density at radius 2 is 2.04 bits per heavy atom. The second-order valence-electron chi connectivity index (χ2n) is 6.77. The standard InChI is InChI=1S/C21H29N5.HI/c1-17(19-8-5-9-20(15-19)26-13-3-4-14-26)25-21(22-2)24-12-10-18-7-6-11-23-16-18;/h5-9,11,15-17H,3-4,10,12-14H2,1-2H3,(H2,22,24,25);1H.